The third-order valence-corrected chi connectivity index (χ3v) is 2.24. The van der Waals surface area contributed by atoms with Crippen molar-refractivity contribution in [3.8, 4) is 17.2 Å². The number of ether oxygens (including phenoxy) is 1. The van der Waals surface area contributed by atoms with Crippen molar-refractivity contribution in [2.24, 2.45) is 0 Å². The second kappa shape index (κ2) is 5.31. The van der Waals surface area contributed by atoms with Gasteiger partial charge in [0.05, 0.1) is 12.7 Å². The fourth-order valence-corrected chi connectivity index (χ4v) is 1.50. The van der Waals surface area contributed by atoms with E-state index in [0.29, 0.717) is 23.8 Å². The number of rotatable bonds is 4. The zero-order valence-electron chi connectivity index (χ0n) is 9.99. The van der Waals surface area contributed by atoms with Crippen molar-refractivity contribution in [2.45, 2.75) is 12.9 Å². The van der Waals surface area contributed by atoms with Crippen LogP contribution in [-0.4, -0.2) is 18.4 Å². The Balaban J connectivity index is 2.13. The van der Waals surface area contributed by atoms with E-state index in [0.717, 1.165) is 0 Å². The summed E-state index contributed by atoms with van der Waals surface area (Å²) in [4.78, 5) is 4.04. The lowest BCUT2D eigenvalue weighted by atomic mass is 10.2. The maximum atomic E-state index is 12.0. The zero-order valence-corrected chi connectivity index (χ0v) is 9.99. The fraction of sp³-hybridized carbons (Fsp3) is 0.250. The molecule has 1 heterocycles. The first-order valence-corrected chi connectivity index (χ1v) is 5.43. The Morgan fingerprint density at radius 2 is 1.95 bits per heavy atom. The molecule has 0 aliphatic carbocycles. The largest absolute Gasteiger partial charge is 0.573 e. The van der Waals surface area contributed by atoms with E-state index in [1.165, 1.54) is 24.3 Å². The molecular formula is C12H11F3N2O2. The molecule has 0 saturated heterocycles. The number of hydrogen-bond donors (Lipinski definition) is 1. The molecule has 2 aromatic rings. The van der Waals surface area contributed by atoms with E-state index >= 15 is 0 Å². The Morgan fingerprint density at radius 3 is 2.53 bits per heavy atom. The molecular weight excluding hydrogens is 261 g/mol. The predicted octanol–water partition coefficient (Wildman–Crippen LogP) is 2.96. The van der Waals surface area contributed by atoms with Gasteiger partial charge in [0.25, 0.3) is 0 Å². The molecule has 0 aliphatic rings. The van der Waals surface area contributed by atoms with Gasteiger partial charge in [0, 0.05) is 5.56 Å². The maximum absolute atomic E-state index is 12.0. The van der Waals surface area contributed by atoms with Gasteiger partial charge in [-0.15, -0.1) is 13.2 Å². The van der Waals surface area contributed by atoms with E-state index in [1.54, 1.807) is 13.2 Å². The summed E-state index contributed by atoms with van der Waals surface area (Å²) < 4.78 is 45.2. The molecule has 0 unspecified atom stereocenters. The molecule has 19 heavy (non-hydrogen) atoms. The van der Waals surface area contributed by atoms with E-state index in [1.807, 2.05) is 0 Å². The number of alkyl halides is 3. The van der Waals surface area contributed by atoms with Crippen molar-refractivity contribution in [1.29, 1.82) is 0 Å². The highest BCUT2D eigenvalue weighted by Gasteiger charge is 2.31. The number of hydrogen-bond acceptors (Lipinski definition) is 4. The number of nitrogens with zero attached hydrogens (tertiary/aromatic N) is 1. The van der Waals surface area contributed by atoms with Gasteiger partial charge >= 0.3 is 6.36 Å². The molecule has 2 rings (SSSR count). The highest BCUT2D eigenvalue weighted by atomic mass is 19.4. The molecule has 0 amide bonds. The number of benzene rings is 1. The lowest BCUT2D eigenvalue weighted by molar-refractivity contribution is -0.274. The third-order valence-electron chi connectivity index (χ3n) is 2.24. The molecule has 0 bridgehead atoms. The van der Waals surface area contributed by atoms with Crippen LogP contribution in [0.1, 0.15) is 5.76 Å². The number of oxazole rings is 1. The summed E-state index contributed by atoms with van der Waals surface area (Å²) in [5, 5.41) is 2.90. The molecule has 7 heteroatoms. The molecule has 1 N–H and O–H groups in total. The van der Waals surface area contributed by atoms with E-state index in [4.69, 9.17) is 4.42 Å². The standard InChI is InChI=1S/C12H11F3N2O2/c1-16-6-10-7-17-11(18-10)8-2-4-9(5-3-8)19-12(13,14)15/h2-5,7,16H,6H2,1H3. The maximum Gasteiger partial charge on any atom is 0.573 e. The van der Waals surface area contributed by atoms with Crippen molar-refractivity contribution < 1.29 is 22.3 Å². The molecule has 0 saturated carbocycles. The summed E-state index contributed by atoms with van der Waals surface area (Å²) in [6, 6.07) is 5.33. The van der Waals surface area contributed by atoms with Crippen LogP contribution in [0.4, 0.5) is 13.2 Å². The molecule has 0 aliphatic heterocycles. The average Bonchev–Trinajstić information content (AvgIpc) is 2.77. The van der Waals surface area contributed by atoms with E-state index in [-0.39, 0.29) is 5.75 Å². The van der Waals surface area contributed by atoms with Crippen LogP contribution in [0.15, 0.2) is 34.9 Å². The number of nitrogens with one attached hydrogen (secondary N) is 1. The van der Waals surface area contributed by atoms with E-state index < -0.39 is 6.36 Å². The Labute approximate surface area is 107 Å². The van der Waals surface area contributed by atoms with Crippen molar-refractivity contribution in [3.05, 3.63) is 36.2 Å². The Bertz CT molecular complexity index is 535. The normalized spacial score (nSPS) is 11.6. The molecule has 4 nitrogen and oxygen atoms in total. The zero-order chi connectivity index (χ0) is 13.9. The minimum atomic E-state index is -4.69. The van der Waals surface area contributed by atoms with Crippen LogP contribution in [0.2, 0.25) is 0 Å². The van der Waals surface area contributed by atoms with Gasteiger partial charge in [0.15, 0.2) is 0 Å². The van der Waals surface area contributed by atoms with Gasteiger partial charge in [0.1, 0.15) is 11.5 Å². The quantitative estimate of drug-likeness (QED) is 0.929. The summed E-state index contributed by atoms with van der Waals surface area (Å²) >= 11 is 0. The highest BCUT2D eigenvalue weighted by molar-refractivity contribution is 5.54. The van der Waals surface area contributed by atoms with Crippen LogP contribution < -0.4 is 10.1 Å². The van der Waals surface area contributed by atoms with Gasteiger partial charge in [-0.05, 0) is 31.3 Å². The molecule has 0 spiro atoms. The van der Waals surface area contributed by atoms with Gasteiger partial charge < -0.3 is 14.5 Å². The van der Waals surface area contributed by atoms with Crippen molar-refractivity contribution in [3.63, 3.8) is 0 Å². The monoisotopic (exact) mass is 272 g/mol. The Kier molecular flexibility index (Phi) is 3.75. The summed E-state index contributed by atoms with van der Waals surface area (Å²) in [7, 11) is 1.77. The van der Waals surface area contributed by atoms with Gasteiger partial charge in [-0.25, -0.2) is 4.98 Å². The first-order valence-electron chi connectivity index (χ1n) is 5.43. The van der Waals surface area contributed by atoms with Gasteiger partial charge in [-0.2, -0.15) is 0 Å². The molecule has 0 radical (unpaired) electrons. The Morgan fingerprint density at radius 1 is 1.26 bits per heavy atom. The fourth-order valence-electron chi connectivity index (χ4n) is 1.50. The Hall–Kier alpha value is -2.02. The highest BCUT2D eigenvalue weighted by Crippen LogP contribution is 2.26. The molecule has 102 valence electrons. The SMILES string of the molecule is CNCc1cnc(-c2ccc(OC(F)(F)F)cc2)o1. The van der Waals surface area contributed by atoms with Gasteiger partial charge in [-0.3, -0.25) is 0 Å². The van der Waals surface area contributed by atoms with E-state index in [2.05, 4.69) is 15.0 Å². The topological polar surface area (TPSA) is 47.3 Å². The minimum Gasteiger partial charge on any atom is -0.440 e. The van der Waals surface area contributed by atoms with Gasteiger partial charge in [-0.1, -0.05) is 0 Å². The molecule has 1 aromatic carbocycles. The smallest absolute Gasteiger partial charge is 0.440 e. The predicted molar refractivity (Wildman–Crippen MR) is 61.4 cm³/mol. The first kappa shape index (κ1) is 13.4. The van der Waals surface area contributed by atoms with Gasteiger partial charge in [0.2, 0.25) is 5.89 Å². The van der Waals surface area contributed by atoms with Crippen molar-refractivity contribution in [1.82, 2.24) is 10.3 Å². The second-order valence-electron chi connectivity index (χ2n) is 3.73. The van der Waals surface area contributed by atoms with Crippen LogP contribution in [0.5, 0.6) is 5.75 Å². The molecule has 1 aromatic heterocycles. The summed E-state index contributed by atoms with van der Waals surface area (Å²) in [6.07, 6.45) is -3.13. The lowest BCUT2D eigenvalue weighted by Crippen LogP contribution is -2.16. The van der Waals surface area contributed by atoms with Crippen LogP contribution in [-0.2, 0) is 6.54 Å². The molecule has 0 fully saturated rings. The summed E-state index contributed by atoms with van der Waals surface area (Å²) in [5.41, 5.74) is 0.580. The van der Waals surface area contributed by atoms with Crippen LogP contribution in [0, 0.1) is 0 Å². The van der Waals surface area contributed by atoms with E-state index in [9.17, 15) is 13.2 Å². The lowest BCUT2D eigenvalue weighted by Gasteiger charge is -2.08. The molecule has 0 atom stereocenters. The summed E-state index contributed by atoms with van der Waals surface area (Å²) in [5.74, 6) is 0.718. The number of aromatic nitrogens is 1. The van der Waals surface area contributed by atoms with Crippen molar-refractivity contribution in [2.75, 3.05) is 7.05 Å². The van der Waals surface area contributed by atoms with Crippen LogP contribution >= 0.6 is 0 Å². The van der Waals surface area contributed by atoms with Crippen molar-refractivity contribution >= 4 is 0 Å². The first-order chi connectivity index (χ1) is 8.98. The second-order valence-corrected chi connectivity index (χ2v) is 3.73. The van der Waals surface area contributed by atoms with Crippen LogP contribution in [0.3, 0.4) is 0 Å². The summed E-state index contributed by atoms with van der Waals surface area (Å²) in [6.45, 7) is 0.530. The number of halogens is 3. The van der Waals surface area contributed by atoms with Crippen LogP contribution in [0.25, 0.3) is 11.5 Å². The third kappa shape index (κ3) is 3.72. The minimum absolute atomic E-state index is 0.279. The average molecular weight is 272 g/mol.